The third-order valence-corrected chi connectivity index (χ3v) is 3.34. The van der Waals surface area contributed by atoms with Crippen molar-refractivity contribution in [2.24, 2.45) is 0 Å². The summed E-state index contributed by atoms with van der Waals surface area (Å²) in [4.78, 5) is 0. The first-order valence-electron chi connectivity index (χ1n) is 6.61. The number of nitrogens with one attached hydrogen (secondary N) is 1. The molecule has 0 bridgehead atoms. The summed E-state index contributed by atoms with van der Waals surface area (Å²) in [5, 5.41) is 3.37. The molecule has 1 aromatic carbocycles. The zero-order valence-electron chi connectivity index (χ0n) is 10.9. The molecule has 1 aliphatic rings. The summed E-state index contributed by atoms with van der Waals surface area (Å²) in [5.41, 5.74) is 0.361. The summed E-state index contributed by atoms with van der Waals surface area (Å²) in [6.45, 7) is 3.52. The lowest BCUT2D eigenvalue weighted by Gasteiger charge is -2.30. The molecule has 0 spiro atoms. The topological polar surface area (TPSA) is 21.3 Å². The molecule has 0 aliphatic carbocycles. The lowest BCUT2D eigenvalue weighted by atomic mass is 9.97. The summed E-state index contributed by atoms with van der Waals surface area (Å²) in [6, 6.07) is 2.31. The van der Waals surface area contributed by atoms with Crippen molar-refractivity contribution in [1.29, 1.82) is 0 Å². The van der Waals surface area contributed by atoms with Gasteiger partial charge in [-0.1, -0.05) is 6.92 Å². The van der Waals surface area contributed by atoms with E-state index >= 15 is 0 Å². The molecule has 1 N–H and O–H groups in total. The van der Waals surface area contributed by atoms with Gasteiger partial charge in [-0.2, -0.15) is 0 Å². The van der Waals surface area contributed by atoms with E-state index in [-0.39, 0.29) is 12.1 Å². The molecule has 1 fully saturated rings. The molecule has 19 heavy (non-hydrogen) atoms. The number of benzene rings is 1. The molecule has 1 aliphatic heterocycles. The van der Waals surface area contributed by atoms with Gasteiger partial charge in [0.25, 0.3) is 0 Å². The van der Waals surface area contributed by atoms with Gasteiger partial charge in [0.2, 0.25) is 0 Å². The first-order valence-corrected chi connectivity index (χ1v) is 6.61. The third kappa shape index (κ3) is 3.48. The van der Waals surface area contributed by atoms with Crippen LogP contribution in [-0.4, -0.2) is 19.2 Å². The molecule has 106 valence electrons. The maximum atomic E-state index is 13.2. The Kier molecular flexibility index (Phi) is 4.82. The molecule has 1 aromatic rings. The normalized spacial score (nSPS) is 23.6. The molecule has 2 unspecified atom stereocenters. The van der Waals surface area contributed by atoms with Crippen LogP contribution in [0, 0.1) is 17.5 Å². The fraction of sp³-hybridized carbons (Fsp3) is 0.571. The Hall–Kier alpha value is -1.07. The maximum Gasteiger partial charge on any atom is 0.194 e. The van der Waals surface area contributed by atoms with Crippen molar-refractivity contribution >= 4 is 0 Å². The number of rotatable bonds is 4. The van der Waals surface area contributed by atoms with E-state index in [2.05, 4.69) is 12.2 Å². The van der Waals surface area contributed by atoms with Crippen LogP contribution < -0.4 is 5.32 Å². The highest BCUT2D eigenvalue weighted by Gasteiger charge is 2.25. The molecule has 5 heteroatoms. The van der Waals surface area contributed by atoms with E-state index in [1.807, 2.05) is 0 Å². The number of hydrogen-bond donors (Lipinski definition) is 1. The number of hydrogen-bond acceptors (Lipinski definition) is 2. The smallest absolute Gasteiger partial charge is 0.194 e. The van der Waals surface area contributed by atoms with E-state index in [0.29, 0.717) is 18.6 Å². The molecule has 2 atom stereocenters. The van der Waals surface area contributed by atoms with Gasteiger partial charge < -0.3 is 10.1 Å². The van der Waals surface area contributed by atoms with Crippen molar-refractivity contribution in [3.05, 3.63) is 35.1 Å². The minimum absolute atomic E-state index is 0.273. The minimum atomic E-state index is -1.43. The maximum absolute atomic E-state index is 13.2. The van der Waals surface area contributed by atoms with Gasteiger partial charge in [-0.15, -0.1) is 0 Å². The van der Waals surface area contributed by atoms with Gasteiger partial charge in [-0.05, 0) is 43.5 Å². The van der Waals surface area contributed by atoms with Crippen LogP contribution in [0.25, 0.3) is 0 Å². The molecule has 0 aromatic heterocycles. The van der Waals surface area contributed by atoms with E-state index in [1.165, 1.54) is 0 Å². The lowest BCUT2D eigenvalue weighted by Crippen LogP contribution is -2.36. The number of halogens is 3. The molecule has 2 rings (SSSR count). The van der Waals surface area contributed by atoms with Gasteiger partial charge in [-0.25, -0.2) is 13.2 Å². The van der Waals surface area contributed by atoms with Gasteiger partial charge in [0.15, 0.2) is 17.5 Å². The Balaban J connectivity index is 2.08. The third-order valence-electron chi connectivity index (χ3n) is 3.34. The highest BCUT2D eigenvalue weighted by Crippen LogP contribution is 2.29. The second-order valence-electron chi connectivity index (χ2n) is 4.83. The van der Waals surface area contributed by atoms with Crippen LogP contribution in [-0.2, 0) is 4.74 Å². The predicted octanol–water partition coefficient (Wildman–Crippen LogP) is 3.32. The number of ether oxygens (including phenoxy) is 1. The summed E-state index contributed by atoms with van der Waals surface area (Å²) in [7, 11) is 0. The van der Waals surface area contributed by atoms with Crippen molar-refractivity contribution in [1.82, 2.24) is 5.32 Å². The SMILES string of the molecule is CCCNC1CCOC(c2cc(F)c(F)c(F)c2)C1. The largest absolute Gasteiger partial charge is 0.373 e. The highest BCUT2D eigenvalue weighted by molar-refractivity contribution is 5.22. The zero-order valence-corrected chi connectivity index (χ0v) is 10.9. The molecule has 1 saturated heterocycles. The first-order chi connectivity index (χ1) is 9.11. The second-order valence-corrected chi connectivity index (χ2v) is 4.83. The highest BCUT2D eigenvalue weighted by atomic mass is 19.2. The molecule has 0 radical (unpaired) electrons. The Bertz CT molecular complexity index is 416. The van der Waals surface area contributed by atoms with E-state index < -0.39 is 17.5 Å². The van der Waals surface area contributed by atoms with Crippen LogP contribution in [0.4, 0.5) is 13.2 Å². The Morgan fingerprint density at radius 2 is 1.95 bits per heavy atom. The molecule has 0 amide bonds. The monoisotopic (exact) mass is 273 g/mol. The molecule has 0 saturated carbocycles. The van der Waals surface area contributed by atoms with Crippen LogP contribution in [0.3, 0.4) is 0 Å². The zero-order chi connectivity index (χ0) is 13.8. The van der Waals surface area contributed by atoms with E-state index in [0.717, 1.165) is 31.5 Å². The Labute approximate surface area is 111 Å². The average molecular weight is 273 g/mol. The van der Waals surface area contributed by atoms with E-state index in [4.69, 9.17) is 4.74 Å². The summed E-state index contributed by atoms with van der Waals surface area (Å²) < 4.78 is 44.9. The van der Waals surface area contributed by atoms with Gasteiger partial charge in [0.05, 0.1) is 6.10 Å². The van der Waals surface area contributed by atoms with Gasteiger partial charge in [0, 0.05) is 12.6 Å². The van der Waals surface area contributed by atoms with Crippen molar-refractivity contribution in [2.45, 2.75) is 38.3 Å². The van der Waals surface area contributed by atoms with Crippen LogP contribution in [0.2, 0.25) is 0 Å². The second kappa shape index (κ2) is 6.39. The predicted molar refractivity (Wildman–Crippen MR) is 66.3 cm³/mol. The first kappa shape index (κ1) is 14.3. The summed E-state index contributed by atoms with van der Waals surface area (Å²) >= 11 is 0. The summed E-state index contributed by atoms with van der Waals surface area (Å²) in [6.07, 6.45) is 2.17. The van der Waals surface area contributed by atoms with Crippen molar-refractivity contribution in [3.8, 4) is 0 Å². The van der Waals surface area contributed by atoms with E-state index in [1.54, 1.807) is 0 Å². The average Bonchev–Trinajstić information content (AvgIpc) is 2.42. The fourth-order valence-electron chi connectivity index (χ4n) is 2.32. The van der Waals surface area contributed by atoms with Crippen molar-refractivity contribution < 1.29 is 17.9 Å². The van der Waals surface area contributed by atoms with Gasteiger partial charge >= 0.3 is 0 Å². The molecule has 2 nitrogen and oxygen atoms in total. The van der Waals surface area contributed by atoms with E-state index in [9.17, 15) is 13.2 Å². The van der Waals surface area contributed by atoms with Gasteiger partial charge in [0.1, 0.15) is 0 Å². The standard InChI is InChI=1S/C14H18F3NO/c1-2-4-18-10-3-5-19-13(8-10)9-6-11(15)14(17)12(16)7-9/h6-7,10,13,18H,2-5,8H2,1H3. The Morgan fingerprint density at radius 3 is 2.58 bits per heavy atom. The molecule has 1 heterocycles. The Morgan fingerprint density at radius 1 is 1.26 bits per heavy atom. The van der Waals surface area contributed by atoms with Crippen molar-refractivity contribution in [2.75, 3.05) is 13.2 Å². The minimum Gasteiger partial charge on any atom is -0.373 e. The fourth-order valence-corrected chi connectivity index (χ4v) is 2.32. The van der Waals surface area contributed by atoms with Crippen LogP contribution in [0.15, 0.2) is 12.1 Å². The van der Waals surface area contributed by atoms with Crippen LogP contribution in [0.5, 0.6) is 0 Å². The lowest BCUT2D eigenvalue weighted by molar-refractivity contribution is -0.0000564. The van der Waals surface area contributed by atoms with Gasteiger partial charge in [-0.3, -0.25) is 0 Å². The van der Waals surface area contributed by atoms with Crippen molar-refractivity contribution in [3.63, 3.8) is 0 Å². The summed E-state index contributed by atoms with van der Waals surface area (Å²) in [5.74, 6) is -3.76. The quantitative estimate of drug-likeness (QED) is 0.850. The van der Waals surface area contributed by atoms with Crippen LogP contribution >= 0.6 is 0 Å². The molecular formula is C14H18F3NO. The van der Waals surface area contributed by atoms with Crippen LogP contribution in [0.1, 0.15) is 37.9 Å². The molecular weight excluding hydrogens is 255 g/mol.